The van der Waals surface area contributed by atoms with Gasteiger partial charge in [-0.1, -0.05) is 27.7 Å². The second kappa shape index (κ2) is 7.34. The van der Waals surface area contributed by atoms with Gasteiger partial charge in [0, 0.05) is 24.4 Å². The van der Waals surface area contributed by atoms with Crippen LogP contribution in [0.4, 0.5) is 4.39 Å². The third-order valence-corrected chi connectivity index (χ3v) is 9.97. The van der Waals surface area contributed by atoms with Crippen molar-refractivity contribution in [3.63, 3.8) is 0 Å². The van der Waals surface area contributed by atoms with Crippen LogP contribution < -0.4 is 0 Å². The smallest absolute Gasteiger partial charge is 0.191 e. The second-order valence-corrected chi connectivity index (χ2v) is 13.0. The number of aldehydes is 1. The summed E-state index contributed by atoms with van der Waals surface area (Å²) in [6.45, 7) is 13.8. The third-order valence-electron chi connectivity index (χ3n) is 5.43. The van der Waals surface area contributed by atoms with Gasteiger partial charge in [0.2, 0.25) is 0 Å². The maximum atomic E-state index is 14.3. The molecule has 0 aliphatic rings. The molecule has 5 heteroatoms. The second-order valence-electron chi connectivity index (χ2n) is 8.20. The Bertz CT molecular complexity index is 768. The van der Waals surface area contributed by atoms with Crippen molar-refractivity contribution in [2.75, 3.05) is 6.61 Å². The Balaban J connectivity index is 2.23. The van der Waals surface area contributed by atoms with E-state index in [1.807, 2.05) is 0 Å². The molecule has 2 aromatic rings. The van der Waals surface area contributed by atoms with Crippen molar-refractivity contribution >= 4 is 25.4 Å². The highest BCUT2D eigenvalue weighted by Gasteiger charge is 2.37. The minimum absolute atomic E-state index is 0.103. The molecule has 136 valence electrons. The number of benzene rings is 1. The molecule has 1 atom stereocenters. The maximum absolute atomic E-state index is 14.3. The lowest BCUT2D eigenvalue weighted by molar-refractivity contribution is 0.112. The van der Waals surface area contributed by atoms with Gasteiger partial charge in [0.1, 0.15) is 5.82 Å². The lowest BCUT2D eigenvalue weighted by Gasteiger charge is -2.36. The molecule has 1 unspecified atom stereocenters. The van der Waals surface area contributed by atoms with Crippen molar-refractivity contribution in [1.82, 2.24) is 4.98 Å². The Hall–Kier alpha value is -1.59. The first-order valence-corrected chi connectivity index (χ1v) is 11.6. The molecule has 1 aromatic carbocycles. The number of fused-ring (bicyclic) bond motifs is 1. The van der Waals surface area contributed by atoms with Gasteiger partial charge in [-0.15, -0.1) is 0 Å². The minimum Gasteiger partial charge on any atom is -0.417 e. The number of carbonyl (C=O) groups is 1. The van der Waals surface area contributed by atoms with Crippen LogP contribution in [0.5, 0.6) is 0 Å². The van der Waals surface area contributed by atoms with Crippen molar-refractivity contribution in [3.8, 4) is 0 Å². The topological polar surface area (TPSA) is 39.2 Å². The van der Waals surface area contributed by atoms with Gasteiger partial charge in [-0.25, -0.2) is 4.39 Å². The fourth-order valence-corrected chi connectivity index (χ4v) is 3.73. The maximum Gasteiger partial charge on any atom is 0.191 e. The number of nitrogens with zero attached hydrogens (tertiary/aromatic N) is 1. The van der Waals surface area contributed by atoms with Crippen molar-refractivity contribution in [3.05, 3.63) is 41.5 Å². The highest BCUT2D eigenvalue weighted by Crippen LogP contribution is 2.37. The molecular weight excluding hydrogens is 333 g/mol. The van der Waals surface area contributed by atoms with Crippen LogP contribution >= 0.6 is 0 Å². The molecule has 0 saturated carbocycles. The van der Waals surface area contributed by atoms with Crippen LogP contribution in [0.2, 0.25) is 18.1 Å². The number of hydrogen-bond donors (Lipinski definition) is 0. The fraction of sp³-hybridized carbons (Fsp3) is 0.500. The average Bonchev–Trinajstić information content (AvgIpc) is 2.52. The van der Waals surface area contributed by atoms with E-state index in [-0.39, 0.29) is 16.5 Å². The van der Waals surface area contributed by atoms with E-state index < -0.39 is 14.1 Å². The van der Waals surface area contributed by atoms with Gasteiger partial charge in [0.15, 0.2) is 14.6 Å². The van der Waals surface area contributed by atoms with Crippen molar-refractivity contribution in [1.29, 1.82) is 0 Å². The molecule has 1 aromatic heterocycles. The molecule has 0 bridgehead atoms. The number of rotatable bonds is 6. The van der Waals surface area contributed by atoms with Gasteiger partial charge in [-0.3, -0.25) is 9.78 Å². The summed E-state index contributed by atoms with van der Waals surface area (Å²) in [5, 5.41) is 1.63. The summed E-state index contributed by atoms with van der Waals surface area (Å²) in [6.07, 6.45) is 4.68. The molecule has 2 rings (SSSR count). The SMILES string of the molecule is CC(CCO[Si](C)(C)C(C)(C)C)c1cc(F)c(C=O)c2ccncc12. The standard InChI is InChI=1S/C20H28FNO2Si/c1-14(8-10-24-25(5,6)20(2,3)4)16-11-19(21)18(13-23)15-7-9-22-12-17(15)16/h7,9,11-14H,8,10H2,1-6H3. The Morgan fingerprint density at radius 2 is 2.00 bits per heavy atom. The van der Waals surface area contributed by atoms with Crippen LogP contribution in [-0.2, 0) is 4.43 Å². The summed E-state index contributed by atoms with van der Waals surface area (Å²) in [4.78, 5) is 15.4. The minimum atomic E-state index is -1.78. The van der Waals surface area contributed by atoms with Crippen molar-refractivity contribution in [2.24, 2.45) is 0 Å². The number of halogens is 1. The highest BCUT2D eigenvalue weighted by atomic mass is 28.4. The first-order valence-electron chi connectivity index (χ1n) is 8.73. The average molecular weight is 362 g/mol. The monoisotopic (exact) mass is 361 g/mol. The molecule has 0 radical (unpaired) electrons. The fourth-order valence-electron chi connectivity index (χ4n) is 2.67. The molecule has 3 nitrogen and oxygen atoms in total. The first-order chi connectivity index (χ1) is 11.6. The van der Waals surface area contributed by atoms with Crippen LogP contribution in [0.25, 0.3) is 10.8 Å². The van der Waals surface area contributed by atoms with Gasteiger partial charge >= 0.3 is 0 Å². The number of carbonyl (C=O) groups excluding carboxylic acids is 1. The van der Waals surface area contributed by atoms with E-state index in [2.05, 4.69) is 45.8 Å². The van der Waals surface area contributed by atoms with Crippen LogP contribution in [-0.4, -0.2) is 26.2 Å². The Labute approximate surface area is 150 Å². The zero-order chi connectivity index (χ0) is 18.8. The van der Waals surface area contributed by atoms with Crippen LogP contribution in [0, 0.1) is 5.82 Å². The largest absolute Gasteiger partial charge is 0.417 e. The molecule has 1 heterocycles. The van der Waals surface area contributed by atoms with E-state index in [0.29, 0.717) is 18.3 Å². The summed E-state index contributed by atoms with van der Waals surface area (Å²) in [5.74, 6) is -0.354. The van der Waals surface area contributed by atoms with E-state index in [9.17, 15) is 9.18 Å². The van der Waals surface area contributed by atoms with Gasteiger partial charge in [0.25, 0.3) is 0 Å². The van der Waals surface area contributed by atoms with Crippen molar-refractivity contribution < 1.29 is 13.6 Å². The molecular formula is C20H28FNO2Si. The number of pyridine rings is 1. The van der Waals surface area contributed by atoms with Gasteiger partial charge in [-0.05, 0) is 53.6 Å². The molecule has 0 spiro atoms. The molecule has 0 fully saturated rings. The lowest BCUT2D eigenvalue weighted by Crippen LogP contribution is -2.41. The van der Waals surface area contributed by atoms with Crippen LogP contribution in [0.15, 0.2) is 24.5 Å². The van der Waals surface area contributed by atoms with Crippen molar-refractivity contribution in [2.45, 2.75) is 58.2 Å². The van der Waals surface area contributed by atoms with Gasteiger partial charge in [0.05, 0.1) is 5.56 Å². The number of aromatic nitrogens is 1. The molecule has 0 aliphatic heterocycles. The molecule has 0 amide bonds. The zero-order valence-corrected chi connectivity index (χ0v) is 17.0. The summed E-state index contributed by atoms with van der Waals surface area (Å²) in [5.41, 5.74) is 0.982. The quantitative estimate of drug-likeness (QED) is 0.489. The van der Waals surface area contributed by atoms with E-state index in [1.165, 1.54) is 6.07 Å². The van der Waals surface area contributed by atoms with E-state index in [1.54, 1.807) is 18.5 Å². The van der Waals surface area contributed by atoms with Crippen LogP contribution in [0.3, 0.4) is 0 Å². The Morgan fingerprint density at radius 3 is 2.60 bits per heavy atom. The first kappa shape index (κ1) is 19.7. The zero-order valence-electron chi connectivity index (χ0n) is 16.0. The Morgan fingerprint density at radius 1 is 1.32 bits per heavy atom. The lowest BCUT2D eigenvalue weighted by atomic mass is 9.91. The Kier molecular flexibility index (Phi) is 5.79. The predicted octanol–water partition coefficient (Wildman–Crippen LogP) is 5.70. The molecule has 0 N–H and O–H groups in total. The van der Waals surface area contributed by atoms with Gasteiger partial charge < -0.3 is 4.43 Å². The summed E-state index contributed by atoms with van der Waals surface area (Å²) in [7, 11) is -1.78. The molecule has 25 heavy (non-hydrogen) atoms. The van der Waals surface area contributed by atoms with E-state index >= 15 is 0 Å². The highest BCUT2D eigenvalue weighted by molar-refractivity contribution is 6.74. The predicted molar refractivity (Wildman–Crippen MR) is 103 cm³/mol. The van der Waals surface area contributed by atoms with E-state index in [4.69, 9.17) is 4.43 Å². The number of hydrogen-bond acceptors (Lipinski definition) is 3. The third kappa shape index (κ3) is 4.15. The summed E-state index contributed by atoms with van der Waals surface area (Å²) in [6, 6.07) is 3.18. The van der Waals surface area contributed by atoms with Crippen LogP contribution in [0.1, 0.15) is 56.0 Å². The van der Waals surface area contributed by atoms with E-state index in [0.717, 1.165) is 17.4 Å². The molecule has 0 aliphatic carbocycles. The molecule has 0 saturated heterocycles. The summed E-state index contributed by atoms with van der Waals surface area (Å²) < 4.78 is 20.6. The normalized spacial score (nSPS) is 13.9. The summed E-state index contributed by atoms with van der Waals surface area (Å²) >= 11 is 0. The van der Waals surface area contributed by atoms with Gasteiger partial charge in [-0.2, -0.15) is 0 Å².